The molecule has 1 rings (SSSR count). The van der Waals surface area contributed by atoms with Gasteiger partial charge in [-0.2, -0.15) is 0 Å². The summed E-state index contributed by atoms with van der Waals surface area (Å²) < 4.78 is 45.7. The third kappa shape index (κ3) is 4.27. The van der Waals surface area contributed by atoms with Gasteiger partial charge in [-0.25, -0.2) is 17.2 Å². The highest BCUT2D eigenvalue weighted by Gasteiger charge is 2.14. The van der Waals surface area contributed by atoms with E-state index in [9.17, 15) is 22.0 Å². The predicted octanol–water partition coefficient (Wildman–Crippen LogP) is 1.61. The molecule has 0 aromatic heterocycles. The molecule has 0 aliphatic heterocycles. The van der Waals surface area contributed by atoms with Gasteiger partial charge in [0.05, 0.1) is 11.4 Å². The average molecular weight is 284 g/mol. The van der Waals surface area contributed by atoms with Crippen molar-refractivity contribution in [2.75, 3.05) is 6.54 Å². The molecule has 1 N–H and O–H groups in total. The van der Waals surface area contributed by atoms with Crippen LogP contribution in [0, 0.1) is 0 Å². The van der Waals surface area contributed by atoms with E-state index in [1.807, 2.05) is 5.32 Å². The fourth-order valence-electron chi connectivity index (χ4n) is 1.06. The van der Waals surface area contributed by atoms with Crippen molar-refractivity contribution in [1.29, 1.82) is 0 Å². The Balaban J connectivity index is 2.89. The largest absolute Gasteiger partial charge is 0.346 e. The zero-order valence-electron chi connectivity index (χ0n) is 8.36. The molecule has 94 valence electrons. The minimum atomic E-state index is -3.95. The summed E-state index contributed by atoms with van der Waals surface area (Å²) in [5.41, 5.74) is -0.0487. The van der Waals surface area contributed by atoms with E-state index in [0.29, 0.717) is 0 Å². The normalized spacial score (nSPS) is 11.5. The summed E-state index contributed by atoms with van der Waals surface area (Å²) in [7, 11) is 1.14. The molecule has 0 aliphatic rings. The van der Waals surface area contributed by atoms with Gasteiger partial charge in [0.2, 0.25) is 0 Å². The summed E-state index contributed by atoms with van der Waals surface area (Å²) in [5, 5.41) is 1.95. The highest BCUT2D eigenvalue weighted by Crippen LogP contribution is 2.16. The van der Waals surface area contributed by atoms with Crippen molar-refractivity contribution in [3.63, 3.8) is 0 Å². The van der Waals surface area contributed by atoms with Crippen molar-refractivity contribution in [2.45, 2.75) is 11.3 Å². The Hall–Kier alpha value is -1.21. The van der Waals surface area contributed by atoms with Gasteiger partial charge in [0.15, 0.2) is 0 Å². The maximum atomic E-state index is 11.8. The van der Waals surface area contributed by atoms with Crippen molar-refractivity contribution in [2.24, 2.45) is 0 Å². The predicted molar refractivity (Wildman–Crippen MR) is 57.8 cm³/mol. The molecule has 0 heterocycles. The van der Waals surface area contributed by atoms with Crippen LogP contribution in [0.4, 0.5) is 8.78 Å². The maximum absolute atomic E-state index is 11.8. The fourth-order valence-corrected chi connectivity index (χ4v) is 1.86. The van der Waals surface area contributed by atoms with Crippen LogP contribution in [-0.4, -0.2) is 27.3 Å². The van der Waals surface area contributed by atoms with E-state index in [2.05, 4.69) is 0 Å². The first kappa shape index (κ1) is 13.9. The molecule has 8 heteroatoms. The van der Waals surface area contributed by atoms with Gasteiger partial charge < -0.3 is 5.32 Å². The highest BCUT2D eigenvalue weighted by atomic mass is 35.7. The van der Waals surface area contributed by atoms with Crippen molar-refractivity contribution < 1.29 is 22.0 Å². The van der Waals surface area contributed by atoms with Crippen LogP contribution in [-0.2, 0) is 9.05 Å². The Labute approximate surface area is 101 Å². The Kier molecular flexibility index (Phi) is 4.41. The molecule has 17 heavy (non-hydrogen) atoms. The van der Waals surface area contributed by atoms with Crippen LogP contribution >= 0.6 is 10.7 Å². The molecule has 1 aromatic carbocycles. The monoisotopic (exact) mass is 283 g/mol. The molecule has 1 amide bonds. The van der Waals surface area contributed by atoms with Crippen molar-refractivity contribution in [3.8, 4) is 0 Å². The SMILES string of the molecule is O=C(NCC(F)F)c1cccc(S(=O)(=O)Cl)c1. The Bertz CT molecular complexity index is 519. The van der Waals surface area contributed by atoms with Crippen molar-refractivity contribution in [3.05, 3.63) is 29.8 Å². The van der Waals surface area contributed by atoms with Crippen LogP contribution in [0.15, 0.2) is 29.2 Å². The number of benzene rings is 1. The lowest BCUT2D eigenvalue weighted by Crippen LogP contribution is -2.28. The number of halogens is 3. The van der Waals surface area contributed by atoms with E-state index >= 15 is 0 Å². The number of hydrogen-bond donors (Lipinski definition) is 1. The number of amides is 1. The van der Waals surface area contributed by atoms with Crippen molar-refractivity contribution in [1.82, 2.24) is 5.32 Å². The summed E-state index contributed by atoms with van der Waals surface area (Å²) in [6.07, 6.45) is -2.67. The van der Waals surface area contributed by atoms with E-state index in [-0.39, 0.29) is 10.5 Å². The van der Waals surface area contributed by atoms with Gasteiger partial charge in [-0.15, -0.1) is 0 Å². The first-order valence-corrected chi connectivity index (χ1v) is 6.72. The zero-order valence-corrected chi connectivity index (χ0v) is 9.93. The topological polar surface area (TPSA) is 63.2 Å². The smallest absolute Gasteiger partial charge is 0.261 e. The molecule has 0 bridgehead atoms. The van der Waals surface area contributed by atoms with Crippen LogP contribution in [0.2, 0.25) is 0 Å². The van der Waals surface area contributed by atoms with E-state index in [1.165, 1.54) is 18.2 Å². The molecule has 0 unspecified atom stereocenters. The van der Waals surface area contributed by atoms with E-state index in [0.717, 1.165) is 6.07 Å². The molecule has 0 saturated carbocycles. The quantitative estimate of drug-likeness (QED) is 0.854. The summed E-state index contributed by atoms with van der Waals surface area (Å²) in [5.74, 6) is -0.785. The molecule has 4 nitrogen and oxygen atoms in total. The number of carbonyl (C=O) groups is 1. The molecule has 0 atom stereocenters. The Morgan fingerprint density at radius 1 is 1.41 bits per heavy atom. The van der Waals surface area contributed by atoms with Gasteiger partial charge in [-0.05, 0) is 18.2 Å². The Morgan fingerprint density at radius 2 is 2.06 bits per heavy atom. The molecular weight excluding hydrogens is 276 g/mol. The van der Waals surface area contributed by atoms with Gasteiger partial charge in [-0.3, -0.25) is 4.79 Å². The molecule has 0 saturated heterocycles. The number of hydrogen-bond acceptors (Lipinski definition) is 3. The first-order chi connectivity index (χ1) is 7.80. The zero-order chi connectivity index (χ0) is 13.1. The Morgan fingerprint density at radius 3 is 2.59 bits per heavy atom. The third-order valence-electron chi connectivity index (χ3n) is 1.79. The van der Waals surface area contributed by atoms with Gasteiger partial charge in [0.1, 0.15) is 0 Å². The van der Waals surface area contributed by atoms with Crippen LogP contribution in [0.5, 0.6) is 0 Å². The summed E-state index contributed by atoms with van der Waals surface area (Å²) in [6, 6.07) is 4.81. The molecule has 0 radical (unpaired) electrons. The maximum Gasteiger partial charge on any atom is 0.261 e. The second kappa shape index (κ2) is 5.42. The minimum Gasteiger partial charge on any atom is -0.346 e. The summed E-state index contributed by atoms with van der Waals surface area (Å²) in [4.78, 5) is 11.1. The molecule has 1 aromatic rings. The van der Waals surface area contributed by atoms with Crippen LogP contribution in [0.1, 0.15) is 10.4 Å². The molecule has 0 spiro atoms. The van der Waals surface area contributed by atoms with Gasteiger partial charge in [0, 0.05) is 16.2 Å². The number of nitrogens with one attached hydrogen (secondary N) is 1. The second-order valence-corrected chi connectivity index (χ2v) is 5.63. The lowest BCUT2D eigenvalue weighted by atomic mass is 10.2. The van der Waals surface area contributed by atoms with Crippen LogP contribution in [0.3, 0.4) is 0 Å². The van der Waals surface area contributed by atoms with E-state index < -0.39 is 27.9 Å². The third-order valence-corrected chi connectivity index (χ3v) is 3.15. The summed E-state index contributed by atoms with van der Waals surface area (Å²) in [6.45, 7) is -0.795. The fraction of sp³-hybridized carbons (Fsp3) is 0.222. The van der Waals surface area contributed by atoms with E-state index in [4.69, 9.17) is 10.7 Å². The van der Waals surface area contributed by atoms with Gasteiger partial charge >= 0.3 is 0 Å². The lowest BCUT2D eigenvalue weighted by Gasteiger charge is -2.05. The standard InChI is InChI=1S/C9H8ClF2NO3S/c10-17(15,16)7-3-1-2-6(4-7)9(14)13-5-8(11)12/h1-4,8H,5H2,(H,13,14). The molecule has 0 aliphatic carbocycles. The van der Waals surface area contributed by atoms with Gasteiger partial charge in [-0.1, -0.05) is 6.07 Å². The highest BCUT2D eigenvalue weighted by molar-refractivity contribution is 8.13. The lowest BCUT2D eigenvalue weighted by molar-refractivity contribution is 0.0891. The average Bonchev–Trinajstić information content (AvgIpc) is 2.25. The second-order valence-electron chi connectivity index (χ2n) is 3.07. The molecular formula is C9H8ClF2NO3S. The van der Waals surface area contributed by atoms with Crippen LogP contribution < -0.4 is 5.32 Å². The number of carbonyl (C=O) groups excluding carboxylic acids is 1. The number of rotatable bonds is 4. The van der Waals surface area contributed by atoms with Crippen LogP contribution in [0.25, 0.3) is 0 Å². The molecule has 0 fully saturated rings. The van der Waals surface area contributed by atoms with Crippen molar-refractivity contribution >= 4 is 25.6 Å². The number of alkyl halides is 2. The van der Waals surface area contributed by atoms with Gasteiger partial charge in [0.25, 0.3) is 21.4 Å². The first-order valence-electron chi connectivity index (χ1n) is 4.42. The van der Waals surface area contributed by atoms with E-state index in [1.54, 1.807) is 0 Å². The minimum absolute atomic E-state index is 0.0487. The summed E-state index contributed by atoms with van der Waals surface area (Å²) >= 11 is 0.